The molecule has 4 aromatic rings. The van der Waals surface area contributed by atoms with Gasteiger partial charge in [-0.25, -0.2) is 11.0 Å². The summed E-state index contributed by atoms with van der Waals surface area (Å²) in [6.07, 6.45) is 8.23. The predicted molar refractivity (Wildman–Crippen MR) is 179 cm³/mol. The van der Waals surface area contributed by atoms with E-state index in [4.69, 9.17) is 31.0 Å². The van der Waals surface area contributed by atoms with Gasteiger partial charge in [-0.3, -0.25) is 19.8 Å². The van der Waals surface area contributed by atoms with Crippen molar-refractivity contribution in [1.82, 2.24) is 34.9 Å². The van der Waals surface area contributed by atoms with E-state index < -0.39 is 6.17 Å². The van der Waals surface area contributed by atoms with Gasteiger partial charge < -0.3 is 24.1 Å². The third-order valence-electron chi connectivity index (χ3n) is 10.3. The zero-order valence-corrected chi connectivity index (χ0v) is 27.0. The van der Waals surface area contributed by atoms with Crippen LogP contribution in [0.1, 0.15) is 37.7 Å². The fraction of sp³-hybridized carbons (Fsp3) is 0.486. The van der Waals surface area contributed by atoms with Crippen LogP contribution in [0.5, 0.6) is 11.8 Å². The summed E-state index contributed by atoms with van der Waals surface area (Å²) in [5.41, 5.74) is 3.69. The van der Waals surface area contributed by atoms with E-state index in [-0.39, 0.29) is 42.8 Å². The quantitative estimate of drug-likeness (QED) is 0.206. The summed E-state index contributed by atoms with van der Waals surface area (Å²) in [5, 5.41) is 8.98. The number of aryl methyl sites for hydroxylation is 1. The SMILES string of the molecule is [C-]#[N+]C[C@H]1CN(c2nc(OC[C@@]34CCCN3C[C@H](F)C4)nc3c(OC4CC4)c(-c4c(C)ccc5[nH]ncc45)ncc23)CCN1C(=O)C=C. The number of anilines is 1. The van der Waals surface area contributed by atoms with Crippen LogP contribution in [-0.4, -0.2) is 111 Å². The lowest BCUT2D eigenvalue weighted by Gasteiger charge is -2.39. The average Bonchev–Trinajstić information content (AvgIpc) is 3.48. The van der Waals surface area contributed by atoms with Gasteiger partial charge in [0.05, 0.1) is 28.7 Å². The molecule has 13 heteroatoms. The minimum atomic E-state index is -0.878. The lowest BCUT2D eigenvalue weighted by Crippen LogP contribution is -2.56. The summed E-state index contributed by atoms with van der Waals surface area (Å²) in [4.78, 5) is 37.3. The third kappa shape index (κ3) is 5.28. The average molecular weight is 652 g/mol. The van der Waals surface area contributed by atoms with Crippen LogP contribution in [0.25, 0.3) is 37.9 Å². The number of nitrogens with zero attached hydrogens (tertiary/aromatic N) is 8. The van der Waals surface area contributed by atoms with Crippen molar-refractivity contribution in [1.29, 1.82) is 0 Å². The number of fused-ring (bicyclic) bond motifs is 3. The summed E-state index contributed by atoms with van der Waals surface area (Å²) < 4.78 is 27.8. The zero-order chi connectivity index (χ0) is 33.0. The fourth-order valence-corrected chi connectivity index (χ4v) is 7.78. The largest absolute Gasteiger partial charge is 0.486 e. The Bertz CT molecular complexity index is 1960. The highest BCUT2D eigenvalue weighted by Gasteiger charge is 2.49. The van der Waals surface area contributed by atoms with Crippen LogP contribution < -0.4 is 14.4 Å². The van der Waals surface area contributed by atoms with Crippen molar-refractivity contribution in [3.8, 4) is 23.0 Å². The second-order valence-electron chi connectivity index (χ2n) is 13.5. The molecule has 1 amide bonds. The number of aromatic nitrogens is 5. The van der Waals surface area contributed by atoms with Crippen molar-refractivity contribution in [2.75, 3.05) is 50.8 Å². The van der Waals surface area contributed by atoms with Crippen molar-refractivity contribution in [2.45, 2.75) is 62.9 Å². The number of rotatable bonds is 9. The minimum absolute atomic E-state index is 0.0465. The van der Waals surface area contributed by atoms with Gasteiger partial charge in [0.15, 0.2) is 5.75 Å². The van der Waals surface area contributed by atoms with Gasteiger partial charge in [-0.15, -0.1) is 0 Å². The molecule has 4 fully saturated rings. The molecule has 0 radical (unpaired) electrons. The number of carbonyl (C=O) groups is 1. The number of pyridine rings is 1. The van der Waals surface area contributed by atoms with E-state index in [9.17, 15) is 9.18 Å². The van der Waals surface area contributed by atoms with Gasteiger partial charge in [0.25, 0.3) is 0 Å². The van der Waals surface area contributed by atoms with Crippen molar-refractivity contribution >= 4 is 33.5 Å². The topological polar surface area (TPSA) is 117 Å². The molecule has 48 heavy (non-hydrogen) atoms. The highest BCUT2D eigenvalue weighted by atomic mass is 19.1. The summed E-state index contributed by atoms with van der Waals surface area (Å²) in [6, 6.07) is 3.88. The maximum atomic E-state index is 14.6. The Morgan fingerprint density at radius 3 is 2.90 bits per heavy atom. The minimum Gasteiger partial charge on any atom is -0.486 e. The Balaban J connectivity index is 1.27. The van der Waals surface area contributed by atoms with E-state index in [1.807, 2.05) is 19.1 Å². The first-order valence-corrected chi connectivity index (χ1v) is 16.7. The smallest absolute Gasteiger partial charge is 0.319 e. The predicted octanol–water partition coefficient (Wildman–Crippen LogP) is 4.50. The molecule has 1 N–H and O–H groups in total. The lowest BCUT2D eigenvalue weighted by molar-refractivity contribution is -0.128. The zero-order valence-electron chi connectivity index (χ0n) is 27.0. The molecule has 6 heterocycles. The lowest BCUT2D eigenvalue weighted by atomic mass is 9.95. The Morgan fingerprint density at radius 2 is 2.08 bits per heavy atom. The number of hydrogen-bond donors (Lipinski definition) is 1. The molecule has 3 saturated heterocycles. The van der Waals surface area contributed by atoms with Crippen molar-refractivity contribution in [2.24, 2.45) is 0 Å². The molecule has 0 spiro atoms. The molecule has 3 aromatic heterocycles. The van der Waals surface area contributed by atoms with Gasteiger partial charge in [-0.1, -0.05) is 12.6 Å². The van der Waals surface area contributed by atoms with Crippen LogP contribution in [-0.2, 0) is 4.79 Å². The first-order chi connectivity index (χ1) is 23.4. The van der Waals surface area contributed by atoms with Crippen LogP contribution in [0.2, 0.25) is 0 Å². The van der Waals surface area contributed by atoms with E-state index in [2.05, 4.69) is 31.4 Å². The van der Waals surface area contributed by atoms with E-state index in [1.54, 1.807) is 17.3 Å². The number of nitrogens with one attached hydrogen (secondary N) is 1. The number of amides is 1. The first-order valence-electron chi connectivity index (χ1n) is 16.7. The van der Waals surface area contributed by atoms with Gasteiger partial charge in [-0.05, 0) is 56.9 Å². The summed E-state index contributed by atoms with van der Waals surface area (Å²) in [7, 11) is 0. The molecule has 0 unspecified atom stereocenters. The number of halogens is 1. The molecule has 12 nitrogen and oxygen atoms in total. The monoisotopic (exact) mass is 651 g/mol. The first kappa shape index (κ1) is 30.5. The maximum Gasteiger partial charge on any atom is 0.319 e. The normalized spacial score (nSPS) is 24.2. The van der Waals surface area contributed by atoms with Gasteiger partial charge in [-0.2, -0.15) is 15.1 Å². The molecule has 1 aliphatic carbocycles. The number of ether oxygens (including phenoxy) is 2. The second kappa shape index (κ2) is 12.0. The molecule has 1 aromatic carbocycles. The van der Waals surface area contributed by atoms with E-state index in [0.717, 1.165) is 54.3 Å². The number of benzene rings is 1. The summed E-state index contributed by atoms with van der Waals surface area (Å²) >= 11 is 0. The Kier molecular flexibility index (Phi) is 7.63. The van der Waals surface area contributed by atoms with Crippen LogP contribution >= 0.6 is 0 Å². The molecule has 3 atom stereocenters. The van der Waals surface area contributed by atoms with Crippen molar-refractivity contribution in [3.05, 3.63) is 54.2 Å². The van der Waals surface area contributed by atoms with Gasteiger partial charge >= 0.3 is 6.01 Å². The Labute approximate surface area is 277 Å². The van der Waals surface area contributed by atoms with Crippen molar-refractivity contribution in [3.63, 3.8) is 0 Å². The van der Waals surface area contributed by atoms with E-state index in [1.165, 1.54) is 6.08 Å². The highest BCUT2D eigenvalue weighted by Crippen LogP contribution is 2.45. The molecule has 248 valence electrons. The molecule has 8 rings (SSSR count). The molecule has 1 saturated carbocycles. The molecular weight excluding hydrogens is 613 g/mol. The number of piperazine rings is 1. The van der Waals surface area contributed by atoms with Gasteiger partial charge in [0.1, 0.15) is 35.8 Å². The number of carbonyl (C=O) groups excluding carboxylic acids is 1. The van der Waals surface area contributed by atoms with E-state index in [0.29, 0.717) is 60.8 Å². The Morgan fingerprint density at radius 1 is 1.21 bits per heavy atom. The summed E-state index contributed by atoms with van der Waals surface area (Å²) in [6.45, 7) is 16.3. The van der Waals surface area contributed by atoms with Gasteiger partial charge in [0, 0.05) is 49.7 Å². The van der Waals surface area contributed by atoms with Crippen LogP contribution in [0.15, 0.2) is 37.2 Å². The van der Waals surface area contributed by atoms with Crippen molar-refractivity contribution < 1.29 is 18.7 Å². The second-order valence-corrected chi connectivity index (χ2v) is 13.5. The van der Waals surface area contributed by atoms with Crippen LogP contribution in [0.3, 0.4) is 0 Å². The van der Waals surface area contributed by atoms with Crippen LogP contribution in [0, 0.1) is 13.5 Å². The van der Waals surface area contributed by atoms with Gasteiger partial charge in [0.2, 0.25) is 12.5 Å². The fourth-order valence-electron chi connectivity index (χ4n) is 7.78. The third-order valence-corrected chi connectivity index (χ3v) is 10.3. The molecule has 4 aliphatic rings. The number of aromatic amines is 1. The Hall–Kier alpha value is -4.83. The molecular formula is C35H38FN9O3. The highest BCUT2D eigenvalue weighted by molar-refractivity contribution is 6.02. The number of H-pyrrole nitrogens is 1. The summed E-state index contributed by atoms with van der Waals surface area (Å²) in [5.74, 6) is 0.964. The van der Waals surface area contributed by atoms with E-state index >= 15 is 0 Å². The molecule has 0 bridgehead atoms. The molecule has 3 aliphatic heterocycles. The number of alkyl halides is 1. The van der Waals surface area contributed by atoms with Crippen LogP contribution in [0.4, 0.5) is 10.2 Å². The standard InChI is InChI=1S/C35H38FN9O3/c1-4-28(46)45-13-12-43(19-23(45)15-37-3)33-26-16-38-31(29-21(2)6-9-27-25(29)17-39-42-27)32(48-24-7-8-24)30(26)40-34(41-33)47-20-35-10-5-11-44(35)18-22(36)14-35/h4,6,9,16-17,22-24H,1,5,7-8,10-15,18-20H2,2H3,(H,39,42)/t22-,23+,35+/m1/s1. The number of hydrogen-bond acceptors (Lipinski definition) is 9. The maximum absolute atomic E-state index is 14.6.